The van der Waals surface area contributed by atoms with Gasteiger partial charge >= 0.3 is 5.97 Å². The van der Waals surface area contributed by atoms with E-state index >= 15 is 0 Å². The van der Waals surface area contributed by atoms with Crippen molar-refractivity contribution in [3.8, 4) is 0 Å². The number of carbonyl (C=O) groups excluding carboxylic acids is 2. The van der Waals surface area contributed by atoms with Crippen molar-refractivity contribution in [1.29, 1.82) is 0 Å². The highest BCUT2D eigenvalue weighted by Crippen LogP contribution is 2.10. The lowest BCUT2D eigenvalue weighted by molar-refractivity contribution is -0.143. The first-order chi connectivity index (χ1) is 10.4. The van der Waals surface area contributed by atoms with Crippen LogP contribution >= 0.6 is 0 Å². The molecule has 0 atom stereocenters. The smallest absolute Gasteiger partial charge is 0.307 e. The van der Waals surface area contributed by atoms with Crippen molar-refractivity contribution in [2.24, 2.45) is 5.92 Å². The lowest BCUT2D eigenvalue weighted by Crippen LogP contribution is -2.26. The lowest BCUT2D eigenvalue weighted by Gasteiger charge is -2.08. The molecule has 0 aliphatic carbocycles. The number of ether oxygens (including phenoxy) is 1. The van der Waals surface area contributed by atoms with Gasteiger partial charge in [0.05, 0.1) is 13.0 Å². The van der Waals surface area contributed by atoms with Gasteiger partial charge in [-0.25, -0.2) is 4.39 Å². The fraction of sp³-hybridized carbons (Fsp3) is 0.529. The summed E-state index contributed by atoms with van der Waals surface area (Å²) in [5.41, 5.74) is 1.03. The second-order valence-electron chi connectivity index (χ2n) is 5.61. The Bertz CT molecular complexity index is 515. The van der Waals surface area contributed by atoms with Crippen molar-refractivity contribution < 1.29 is 18.7 Å². The van der Waals surface area contributed by atoms with Crippen LogP contribution in [0.5, 0.6) is 0 Å². The monoisotopic (exact) mass is 309 g/mol. The molecule has 1 N–H and O–H groups in total. The van der Waals surface area contributed by atoms with Crippen LogP contribution < -0.4 is 5.32 Å². The highest BCUT2D eigenvalue weighted by molar-refractivity contribution is 5.94. The van der Waals surface area contributed by atoms with Gasteiger partial charge in [0.15, 0.2) is 0 Å². The van der Waals surface area contributed by atoms with Crippen LogP contribution in [0.1, 0.15) is 49.5 Å². The highest BCUT2D eigenvalue weighted by Gasteiger charge is 2.10. The van der Waals surface area contributed by atoms with Crippen molar-refractivity contribution in [3.05, 3.63) is 35.1 Å². The third-order valence-corrected chi connectivity index (χ3v) is 3.20. The number of aryl methyl sites for hydroxylation is 1. The topological polar surface area (TPSA) is 55.4 Å². The molecule has 0 aliphatic heterocycles. The number of benzene rings is 1. The zero-order valence-corrected chi connectivity index (χ0v) is 13.4. The molecule has 0 bridgehead atoms. The van der Waals surface area contributed by atoms with Crippen molar-refractivity contribution in [2.45, 2.75) is 40.0 Å². The Morgan fingerprint density at radius 3 is 2.64 bits per heavy atom. The van der Waals surface area contributed by atoms with E-state index in [2.05, 4.69) is 19.2 Å². The molecule has 1 rings (SSSR count). The van der Waals surface area contributed by atoms with Gasteiger partial charge in [0, 0.05) is 12.1 Å². The fourth-order valence-corrected chi connectivity index (χ4v) is 1.85. The summed E-state index contributed by atoms with van der Waals surface area (Å²) in [7, 11) is 0. The average Bonchev–Trinajstić information content (AvgIpc) is 2.46. The number of carbonyl (C=O) groups is 2. The van der Waals surface area contributed by atoms with Crippen molar-refractivity contribution in [2.75, 3.05) is 13.2 Å². The number of esters is 1. The van der Waals surface area contributed by atoms with Gasteiger partial charge in [-0.15, -0.1) is 0 Å². The van der Waals surface area contributed by atoms with Crippen molar-refractivity contribution >= 4 is 11.9 Å². The Labute approximate surface area is 131 Å². The van der Waals surface area contributed by atoms with Gasteiger partial charge < -0.3 is 10.1 Å². The summed E-state index contributed by atoms with van der Waals surface area (Å²) >= 11 is 0. The van der Waals surface area contributed by atoms with Crippen LogP contribution in [0, 0.1) is 11.7 Å². The zero-order valence-electron chi connectivity index (χ0n) is 13.4. The summed E-state index contributed by atoms with van der Waals surface area (Å²) < 4.78 is 18.4. The first-order valence-electron chi connectivity index (χ1n) is 7.65. The number of amides is 1. The first kappa shape index (κ1) is 18.1. The van der Waals surface area contributed by atoms with Crippen LogP contribution in [-0.2, 0) is 16.0 Å². The molecule has 0 radical (unpaired) electrons. The molecule has 0 unspecified atom stereocenters. The summed E-state index contributed by atoms with van der Waals surface area (Å²) in [6, 6.07) is 4.25. The minimum Gasteiger partial charge on any atom is -0.466 e. The minimum absolute atomic E-state index is 0.111. The van der Waals surface area contributed by atoms with E-state index < -0.39 is 5.82 Å². The average molecular weight is 309 g/mol. The molecule has 0 aromatic heterocycles. The molecular weight excluding hydrogens is 285 g/mol. The van der Waals surface area contributed by atoms with E-state index in [1.54, 1.807) is 6.07 Å². The Morgan fingerprint density at radius 2 is 2.00 bits per heavy atom. The van der Waals surface area contributed by atoms with E-state index in [1.165, 1.54) is 12.1 Å². The molecule has 0 saturated carbocycles. The Hall–Kier alpha value is -1.91. The highest BCUT2D eigenvalue weighted by atomic mass is 19.1. The SMILES string of the molecule is CCc1cc(F)cc(C(=O)NCCC(=O)OCCC(C)C)c1. The summed E-state index contributed by atoms with van der Waals surface area (Å²) in [5, 5.41) is 2.60. The Balaban J connectivity index is 2.37. The number of nitrogens with one attached hydrogen (secondary N) is 1. The normalized spacial score (nSPS) is 10.6. The van der Waals surface area contributed by atoms with E-state index in [0.29, 0.717) is 18.9 Å². The van der Waals surface area contributed by atoms with Crippen molar-refractivity contribution in [3.63, 3.8) is 0 Å². The van der Waals surface area contributed by atoms with Gasteiger partial charge in [0.25, 0.3) is 5.91 Å². The summed E-state index contributed by atoms with van der Waals surface area (Å²) in [6.07, 6.45) is 1.58. The maximum atomic E-state index is 13.4. The van der Waals surface area contributed by atoms with E-state index in [-0.39, 0.29) is 30.4 Å². The molecule has 122 valence electrons. The zero-order chi connectivity index (χ0) is 16.5. The predicted octanol–water partition coefficient (Wildman–Crippen LogP) is 3.10. The van der Waals surface area contributed by atoms with Crippen LogP contribution in [0.2, 0.25) is 0 Å². The summed E-state index contributed by atoms with van der Waals surface area (Å²) in [5.74, 6) is -0.676. The quantitative estimate of drug-likeness (QED) is 0.751. The van der Waals surface area contributed by atoms with Gasteiger partial charge in [0.1, 0.15) is 5.82 Å². The molecule has 0 spiro atoms. The lowest BCUT2D eigenvalue weighted by atomic mass is 10.1. The number of hydrogen-bond donors (Lipinski definition) is 1. The van der Waals surface area contributed by atoms with Crippen LogP contribution in [-0.4, -0.2) is 25.0 Å². The minimum atomic E-state index is -0.433. The summed E-state index contributed by atoms with van der Waals surface area (Å²) in [4.78, 5) is 23.4. The van der Waals surface area contributed by atoms with Gasteiger partial charge in [-0.2, -0.15) is 0 Å². The largest absolute Gasteiger partial charge is 0.466 e. The van der Waals surface area contributed by atoms with Crippen LogP contribution in [0.15, 0.2) is 18.2 Å². The molecule has 1 amide bonds. The first-order valence-corrected chi connectivity index (χ1v) is 7.65. The predicted molar refractivity (Wildman–Crippen MR) is 83.1 cm³/mol. The third-order valence-electron chi connectivity index (χ3n) is 3.20. The second-order valence-corrected chi connectivity index (χ2v) is 5.61. The maximum Gasteiger partial charge on any atom is 0.307 e. The fourth-order valence-electron chi connectivity index (χ4n) is 1.85. The molecular formula is C17H24FNO3. The molecule has 4 nitrogen and oxygen atoms in total. The van der Waals surface area contributed by atoms with Crippen LogP contribution in [0.3, 0.4) is 0 Å². The van der Waals surface area contributed by atoms with Gasteiger partial charge in [-0.05, 0) is 42.5 Å². The second kappa shape index (κ2) is 9.18. The molecule has 1 aromatic rings. The number of hydrogen-bond acceptors (Lipinski definition) is 3. The molecule has 1 aromatic carbocycles. The number of halogens is 1. The van der Waals surface area contributed by atoms with E-state index in [9.17, 15) is 14.0 Å². The van der Waals surface area contributed by atoms with Crippen LogP contribution in [0.25, 0.3) is 0 Å². The van der Waals surface area contributed by atoms with Crippen molar-refractivity contribution in [1.82, 2.24) is 5.32 Å². The van der Waals surface area contributed by atoms with E-state index in [1.807, 2.05) is 6.92 Å². The standard InChI is InChI=1S/C17H24FNO3/c1-4-13-9-14(11-15(18)10-13)17(21)19-7-5-16(20)22-8-6-12(2)3/h9-12H,4-8H2,1-3H3,(H,19,21). The van der Waals surface area contributed by atoms with Crippen LogP contribution in [0.4, 0.5) is 4.39 Å². The molecule has 0 fully saturated rings. The molecule has 0 saturated heterocycles. The maximum absolute atomic E-state index is 13.4. The molecule has 22 heavy (non-hydrogen) atoms. The van der Waals surface area contributed by atoms with E-state index in [4.69, 9.17) is 4.74 Å². The van der Waals surface area contributed by atoms with Gasteiger partial charge in [-0.3, -0.25) is 9.59 Å². The van der Waals surface area contributed by atoms with Gasteiger partial charge in [-0.1, -0.05) is 20.8 Å². The van der Waals surface area contributed by atoms with E-state index in [0.717, 1.165) is 12.0 Å². The Morgan fingerprint density at radius 1 is 1.27 bits per heavy atom. The third kappa shape index (κ3) is 6.70. The summed E-state index contributed by atoms with van der Waals surface area (Å²) in [6.45, 7) is 6.57. The molecule has 5 heteroatoms. The molecule has 0 heterocycles. The number of rotatable bonds is 8. The van der Waals surface area contributed by atoms with Gasteiger partial charge in [0.2, 0.25) is 0 Å². The Kier molecular flexibility index (Phi) is 7.57. The molecule has 0 aliphatic rings.